The smallest absolute Gasteiger partial charge is 0.253 e. The van der Waals surface area contributed by atoms with Crippen molar-refractivity contribution in [3.05, 3.63) is 34.6 Å². The molecule has 1 aliphatic carbocycles. The Labute approximate surface area is 116 Å². The topological polar surface area (TPSA) is 49.3 Å². The third-order valence-corrected chi connectivity index (χ3v) is 3.94. The van der Waals surface area contributed by atoms with Crippen molar-refractivity contribution in [2.45, 2.75) is 37.7 Å². The van der Waals surface area contributed by atoms with Crippen LogP contribution in [0.1, 0.15) is 42.5 Å². The summed E-state index contributed by atoms with van der Waals surface area (Å²) >= 11 is 5.75. The highest BCUT2D eigenvalue weighted by atomic mass is 35.5. The number of amides is 1. The number of halogens is 2. The third kappa shape index (κ3) is 3.45. The molecule has 2 N–H and O–H groups in total. The molecule has 0 atom stereocenters. The average molecular weight is 286 g/mol. The number of rotatable bonds is 3. The van der Waals surface area contributed by atoms with Crippen molar-refractivity contribution in [1.29, 1.82) is 0 Å². The summed E-state index contributed by atoms with van der Waals surface area (Å²) in [5.74, 6) is -1.07. The molecule has 0 aliphatic heterocycles. The van der Waals surface area contributed by atoms with Gasteiger partial charge in [-0.1, -0.05) is 36.9 Å². The summed E-state index contributed by atoms with van der Waals surface area (Å²) in [5.41, 5.74) is -0.741. The number of nitrogens with one attached hydrogen (secondary N) is 1. The summed E-state index contributed by atoms with van der Waals surface area (Å²) in [6, 6.07) is 4.10. The second kappa shape index (κ2) is 5.88. The van der Waals surface area contributed by atoms with Gasteiger partial charge in [-0.05, 0) is 25.0 Å². The maximum absolute atomic E-state index is 13.2. The van der Waals surface area contributed by atoms with Gasteiger partial charge in [0.15, 0.2) is 0 Å². The summed E-state index contributed by atoms with van der Waals surface area (Å²) in [7, 11) is 0. The van der Waals surface area contributed by atoms with Crippen LogP contribution in [0.15, 0.2) is 18.2 Å². The lowest BCUT2D eigenvalue weighted by Crippen LogP contribution is -2.44. The van der Waals surface area contributed by atoms with Crippen molar-refractivity contribution in [1.82, 2.24) is 5.32 Å². The van der Waals surface area contributed by atoms with E-state index in [0.717, 1.165) is 19.3 Å². The molecule has 0 bridgehead atoms. The Balaban J connectivity index is 1.99. The van der Waals surface area contributed by atoms with Gasteiger partial charge in [-0.2, -0.15) is 0 Å². The molecule has 0 unspecified atom stereocenters. The molecule has 0 radical (unpaired) electrons. The van der Waals surface area contributed by atoms with Crippen LogP contribution in [0.25, 0.3) is 0 Å². The van der Waals surface area contributed by atoms with Crippen molar-refractivity contribution in [2.75, 3.05) is 6.54 Å². The Morgan fingerprint density at radius 3 is 2.74 bits per heavy atom. The van der Waals surface area contributed by atoms with Gasteiger partial charge >= 0.3 is 0 Å². The Kier molecular flexibility index (Phi) is 4.42. The summed E-state index contributed by atoms with van der Waals surface area (Å²) in [6.07, 6.45) is 4.42. The maximum Gasteiger partial charge on any atom is 0.253 e. The second-order valence-electron chi connectivity index (χ2n) is 5.07. The molecule has 3 nitrogen and oxygen atoms in total. The SMILES string of the molecule is O=C(NCC1(O)CCCCC1)c1cccc(F)c1Cl. The maximum atomic E-state index is 13.2. The van der Waals surface area contributed by atoms with Gasteiger partial charge in [0.25, 0.3) is 5.91 Å². The van der Waals surface area contributed by atoms with Crippen LogP contribution in [-0.4, -0.2) is 23.2 Å². The minimum atomic E-state index is -0.840. The van der Waals surface area contributed by atoms with Crippen LogP contribution < -0.4 is 5.32 Å². The van der Waals surface area contributed by atoms with Gasteiger partial charge in [0.05, 0.1) is 16.2 Å². The highest BCUT2D eigenvalue weighted by Crippen LogP contribution is 2.27. The van der Waals surface area contributed by atoms with Gasteiger partial charge in [0.2, 0.25) is 0 Å². The Bertz CT molecular complexity index is 473. The summed E-state index contributed by atoms with van der Waals surface area (Å²) in [4.78, 5) is 11.9. The van der Waals surface area contributed by atoms with Crippen LogP contribution in [0, 0.1) is 5.82 Å². The largest absolute Gasteiger partial charge is 0.388 e. The average Bonchev–Trinajstić information content (AvgIpc) is 2.40. The Morgan fingerprint density at radius 1 is 1.37 bits per heavy atom. The first-order chi connectivity index (χ1) is 9.02. The van der Waals surface area contributed by atoms with E-state index in [0.29, 0.717) is 12.8 Å². The lowest BCUT2D eigenvalue weighted by Gasteiger charge is -2.32. The molecule has 1 aromatic rings. The highest BCUT2D eigenvalue weighted by Gasteiger charge is 2.29. The second-order valence-corrected chi connectivity index (χ2v) is 5.45. The molecule has 1 aliphatic rings. The zero-order valence-corrected chi connectivity index (χ0v) is 11.3. The Hall–Kier alpha value is -1.13. The minimum absolute atomic E-state index is 0.0982. The lowest BCUT2D eigenvalue weighted by atomic mass is 9.85. The number of benzene rings is 1. The van der Waals surface area contributed by atoms with E-state index in [1.54, 1.807) is 0 Å². The number of hydrogen-bond donors (Lipinski definition) is 2. The predicted octanol–water partition coefficient (Wildman–Crippen LogP) is 2.90. The van der Waals surface area contributed by atoms with E-state index in [1.807, 2.05) is 0 Å². The standard InChI is InChI=1S/C14H17ClFNO2/c15-12-10(5-4-6-11(12)16)13(18)17-9-14(19)7-2-1-3-8-14/h4-6,19H,1-3,7-9H2,(H,17,18). The third-order valence-electron chi connectivity index (χ3n) is 3.56. The van der Waals surface area contributed by atoms with Crippen molar-refractivity contribution < 1.29 is 14.3 Å². The summed E-state index contributed by atoms with van der Waals surface area (Å²) in [5, 5.41) is 12.7. The normalized spacial score (nSPS) is 18.1. The van der Waals surface area contributed by atoms with Gasteiger partial charge in [0, 0.05) is 6.54 Å². The van der Waals surface area contributed by atoms with Gasteiger partial charge in [-0.3, -0.25) is 4.79 Å². The van der Waals surface area contributed by atoms with Crippen LogP contribution in [0.4, 0.5) is 4.39 Å². The minimum Gasteiger partial charge on any atom is -0.388 e. The molecular formula is C14H17ClFNO2. The molecule has 0 saturated heterocycles. The fourth-order valence-electron chi connectivity index (χ4n) is 2.41. The zero-order chi connectivity index (χ0) is 13.9. The number of hydrogen-bond acceptors (Lipinski definition) is 2. The van der Waals surface area contributed by atoms with Gasteiger partial charge in [-0.25, -0.2) is 4.39 Å². The van der Waals surface area contributed by atoms with E-state index in [9.17, 15) is 14.3 Å². The molecule has 0 heterocycles. The number of carbonyl (C=O) groups excluding carboxylic acids is 1. The Morgan fingerprint density at radius 2 is 2.05 bits per heavy atom. The molecule has 1 fully saturated rings. The van der Waals surface area contributed by atoms with Crippen LogP contribution in [0.5, 0.6) is 0 Å². The van der Waals surface area contributed by atoms with Gasteiger partial charge in [0.1, 0.15) is 5.82 Å². The van der Waals surface area contributed by atoms with E-state index < -0.39 is 17.3 Å². The number of aliphatic hydroxyl groups is 1. The van der Waals surface area contributed by atoms with Crippen molar-refractivity contribution in [3.63, 3.8) is 0 Å². The fraction of sp³-hybridized carbons (Fsp3) is 0.500. The highest BCUT2D eigenvalue weighted by molar-refractivity contribution is 6.34. The molecule has 104 valence electrons. The van der Waals surface area contributed by atoms with Gasteiger partial charge < -0.3 is 10.4 Å². The van der Waals surface area contributed by atoms with Crippen LogP contribution in [0.2, 0.25) is 5.02 Å². The molecular weight excluding hydrogens is 269 g/mol. The summed E-state index contributed by atoms with van der Waals surface area (Å²) in [6.45, 7) is 0.179. The quantitative estimate of drug-likeness (QED) is 0.897. The monoisotopic (exact) mass is 285 g/mol. The van der Waals surface area contributed by atoms with E-state index in [2.05, 4.69) is 5.32 Å². The molecule has 2 rings (SSSR count). The molecule has 1 saturated carbocycles. The van der Waals surface area contributed by atoms with E-state index in [4.69, 9.17) is 11.6 Å². The van der Waals surface area contributed by atoms with Crippen LogP contribution in [0.3, 0.4) is 0 Å². The van der Waals surface area contributed by atoms with Crippen molar-refractivity contribution >= 4 is 17.5 Å². The van der Waals surface area contributed by atoms with E-state index >= 15 is 0 Å². The lowest BCUT2D eigenvalue weighted by molar-refractivity contribution is 0.00525. The van der Waals surface area contributed by atoms with Crippen LogP contribution in [-0.2, 0) is 0 Å². The number of carbonyl (C=O) groups is 1. The molecule has 1 aromatic carbocycles. The first kappa shape index (κ1) is 14.3. The zero-order valence-electron chi connectivity index (χ0n) is 10.6. The fourth-order valence-corrected chi connectivity index (χ4v) is 2.62. The summed E-state index contributed by atoms with van der Waals surface area (Å²) < 4.78 is 13.2. The van der Waals surface area contributed by atoms with Crippen molar-refractivity contribution in [3.8, 4) is 0 Å². The van der Waals surface area contributed by atoms with Crippen molar-refractivity contribution in [2.24, 2.45) is 0 Å². The van der Waals surface area contributed by atoms with E-state index in [1.165, 1.54) is 18.2 Å². The molecule has 0 aromatic heterocycles. The molecule has 0 spiro atoms. The van der Waals surface area contributed by atoms with Gasteiger partial charge in [-0.15, -0.1) is 0 Å². The van der Waals surface area contributed by atoms with Crippen LogP contribution >= 0.6 is 11.6 Å². The van der Waals surface area contributed by atoms with E-state index in [-0.39, 0.29) is 17.1 Å². The first-order valence-corrected chi connectivity index (χ1v) is 6.84. The first-order valence-electron chi connectivity index (χ1n) is 6.46. The molecule has 5 heteroatoms. The molecule has 1 amide bonds. The molecule has 19 heavy (non-hydrogen) atoms. The predicted molar refractivity (Wildman–Crippen MR) is 71.8 cm³/mol.